The van der Waals surface area contributed by atoms with E-state index in [0.29, 0.717) is 13.2 Å². The van der Waals surface area contributed by atoms with Gasteiger partial charge in [0.05, 0.1) is 12.2 Å². The first-order chi connectivity index (χ1) is 16.0. The molecule has 0 saturated heterocycles. The van der Waals surface area contributed by atoms with Gasteiger partial charge in [-0.05, 0) is 75.5 Å². The fourth-order valence-corrected chi connectivity index (χ4v) is 4.08. The van der Waals surface area contributed by atoms with Crippen LogP contribution in [-0.2, 0) is 4.74 Å². The van der Waals surface area contributed by atoms with Crippen LogP contribution in [0.3, 0.4) is 0 Å². The summed E-state index contributed by atoms with van der Waals surface area (Å²) >= 11 is 6.84. The lowest BCUT2D eigenvalue weighted by atomic mass is 9.93. The van der Waals surface area contributed by atoms with Crippen molar-refractivity contribution in [3.63, 3.8) is 0 Å². The quantitative estimate of drug-likeness (QED) is 0.167. The van der Waals surface area contributed by atoms with E-state index >= 15 is 0 Å². The fourth-order valence-electron chi connectivity index (χ4n) is 3.76. The van der Waals surface area contributed by atoms with Gasteiger partial charge in [-0.3, -0.25) is 4.42 Å². The molecule has 0 aliphatic heterocycles. The minimum absolute atomic E-state index is 0.621. The molecule has 0 aromatic heterocycles. The van der Waals surface area contributed by atoms with Crippen molar-refractivity contribution in [3.05, 3.63) is 111 Å². The first kappa shape index (κ1) is 24.8. The molecule has 33 heavy (non-hydrogen) atoms. The molecule has 0 spiro atoms. The maximum absolute atomic E-state index is 6.84. The fraction of sp³-hybridized carbons (Fsp3) is 0.300. The smallest absolute Gasteiger partial charge is 0.350 e. The highest BCUT2D eigenvalue weighted by Gasteiger charge is 2.16. The van der Waals surface area contributed by atoms with Gasteiger partial charge in [0, 0.05) is 23.6 Å². The van der Waals surface area contributed by atoms with Gasteiger partial charge in [0.25, 0.3) is 6.61 Å². The van der Waals surface area contributed by atoms with Gasteiger partial charge in [-0.15, -0.1) is 0 Å². The maximum atomic E-state index is 6.84. The van der Waals surface area contributed by atoms with Gasteiger partial charge in [0.2, 0.25) is 0 Å². The molecule has 1 aliphatic carbocycles. The van der Waals surface area contributed by atoms with Crippen molar-refractivity contribution in [3.8, 4) is 0 Å². The second-order valence-electron chi connectivity index (χ2n) is 8.21. The van der Waals surface area contributed by atoms with Crippen LogP contribution in [0.5, 0.6) is 0 Å². The Morgan fingerprint density at radius 1 is 0.939 bits per heavy atom. The van der Waals surface area contributed by atoms with Crippen LogP contribution in [0.25, 0.3) is 5.76 Å². The summed E-state index contributed by atoms with van der Waals surface area (Å²) in [6.45, 7) is 9.43. The lowest BCUT2D eigenvalue weighted by Crippen LogP contribution is -2.01. The number of ketones is 1. The van der Waals surface area contributed by atoms with Gasteiger partial charge in [0.15, 0.2) is 0 Å². The summed E-state index contributed by atoms with van der Waals surface area (Å²) in [5, 5.41) is 0.827. The normalized spacial score (nSPS) is 16.7. The van der Waals surface area contributed by atoms with E-state index in [9.17, 15) is 0 Å². The van der Waals surface area contributed by atoms with Crippen molar-refractivity contribution in [2.45, 2.75) is 47.0 Å². The third kappa shape index (κ3) is 7.07. The minimum Gasteiger partial charge on any atom is -0.493 e. The molecule has 172 valence electrons. The molecule has 2 aromatic carbocycles. The number of hydrogen-bond donors (Lipinski definition) is 0. The minimum atomic E-state index is 0.621. The third-order valence-electron chi connectivity index (χ3n) is 5.60. The van der Waals surface area contributed by atoms with Crippen LogP contribution in [-0.4, -0.2) is 19.0 Å². The van der Waals surface area contributed by atoms with Crippen molar-refractivity contribution < 1.29 is 9.16 Å². The Hall–Kier alpha value is -2.84. The topological polar surface area (TPSA) is 20.5 Å². The molecule has 0 N–H and O–H groups in total. The summed E-state index contributed by atoms with van der Waals surface area (Å²) in [5.41, 5.74) is 6.89. The molecule has 0 radical (unpaired) electrons. The van der Waals surface area contributed by atoms with Crippen LogP contribution in [0.2, 0.25) is 0 Å². The number of aryl methyl sites for hydroxylation is 2. The van der Waals surface area contributed by atoms with Crippen molar-refractivity contribution >= 4 is 23.1 Å². The number of rotatable bonds is 8. The zero-order chi connectivity index (χ0) is 23.6. The molecule has 3 rings (SSSR count). The predicted molar refractivity (Wildman–Crippen MR) is 141 cm³/mol. The highest BCUT2D eigenvalue weighted by atomic mass is 35.5. The number of hydrogen-bond acceptors (Lipinski definition) is 1. The summed E-state index contributed by atoms with van der Waals surface area (Å²) in [6.07, 6.45) is 11.3. The van der Waals surface area contributed by atoms with Crippen molar-refractivity contribution in [1.29, 1.82) is 0 Å². The lowest BCUT2D eigenvalue weighted by Gasteiger charge is -2.16. The molecule has 0 saturated carbocycles. The number of benzene rings is 2. The molecule has 0 fully saturated rings. The van der Waals surface area contributed by atoms with Gasteiger partial charge in [-0.1, -0.05) is 65.2 Å². The first-order valence-electron chi connectivity index (χ1n) is 11.8. The second-order valence-corrected chi connectivity index (χ2v) is 8.59. The third-order valence-corrected chi connectivity index (χ3v) is 6.09. The van der Waals surface area contributed by atoms with Gasteiger partial charge in [0.1, 0.15) is 5.76 Å². The van der Waals surface area contributed by atoms with E-state index in [-0.39, 0.29) is 0 Å². The summed E-state index contributed by atoms with van der Waals surface area (Å²) in [6, 6.07) is 16.8. The van der Waals surface area contributed by atoms with Crippen LogP contribution < -0.4 is 0 Å². The summed E-state index contributed by atoms with van der Waals surface area (Å²) in [4.78, 5) is 0. The molecule has 0 bridgehead atoms. The van der Waals surface area contributed by atoms with E-state index in [1.165, 1.54) is 11.1 Å². The van der Waals surface area contributed by atoms with E-state index in [0.717, 1.165) is 58.1 Å². The Labute approximate surface area is 203 Å². The average Bonchev–Trinajstić information content (AvgIpc) is 2.82. The highest BCUT2D eigenvalue weighted by Crippen LogP contribution is 2.33. The Morgan fingerprint density at radius 3 is 2.18 bits per heavy atom. The van der Waals surface area contributed by atoms with Crippen molar-refractivity contribution in [2.24, 2.45) is 0 Å². The summed E-state index contributed by atoms with van der Waals surface area (Å²) < 4.78 is 11.8. The van der Waals surface area contributed by atoms with E-state index in [1.54, 1.807) is 0 Å². The molecule has 1 aliphatic rings. The van der Waals surface area contributed by atoms with Crippen LogP contribution in [0.4, 0.5) is 0 Å². The molecule has 2 nitrogen and oxygen atoms in total. The van der Waals surface area contributed by atoms with E-state index in [1.807, 2.05) is 26.0 Å². The summed E-state index contributed by atoms with van der Waals surface area (Å²) in [7, 11) is 0. The first-order valence-corrected chi connectivity index (χ1v) is 12.1. The monoisotopic (exact) mass is 461 g/mol. The number of allylic oxidation sites excluding steroid dienone is 7. The molecule has 0 unspecified atom stereocenters. The summed E-state index contributed by atoms with van der Waals surface area (Å²) in [5.74, 6) is 1.73. The number of carbonyl (C=O) groups excluding carboxylic acids is 1. The SMILES string of the molecule is CCO/C(=C/C=C1/CCCC(/C=C/C(=[O+]CC)c2ccc(C)cc2)=C1Cl)c1ccc(C)cc1. The van der Waals surface area contributed by atoms with Gasteiger partial charge in [-0.25, -0.2) is 0 Å². The molecule has 2 aromatic rings. The van der Waals surface area contributed by atoms with Gasteiger partial charge in [-0.2, -0.15) is 0 Å². The molecular formula is C30H34ClO2+. The van der Waals surface area contributed by atoms with Crippen LogP contribution in [0.1, 0.15) is 59.8 Å². The Balaban J connectivity index is 1.87. The zero-order valence-corrected chi connectivity index (χ0v) is 20.9. The largest absolute Gasteiger partial charge is 0.493 e. The van der Waals surface area contributed by atoms with Crippen LogP contribution in [0.15, 0.2) is 89.0 Å². The molecule has 0 heterocycles. The second kappa shape index (κ2) is 12.4. The van der Waals surface area contributed by atoms with Crippen LogP contribution >= 0.6 is 11.6 Å². The number of halogens is 1. The van der Waals surface area contributed by atoms with Crippen molar-refractivity contribution in [2.75, 3.05) is 13.2 Å². The predicted octanol–water partition coefficient (Wildman–Crippen LogP) is 8.28. The Bertz CT molecular complexity index is 1080. The molecular weight excluding hydrogens is 428 g/mol. The van der Waals surface area contributed by atoms with E-state index < -0.39 is 0 Å². The average molecular weight is 462 g/mol. The van der Waals surface area contributed by atoms with Gasteiger partial charge < -0.3 is 4.74 Å². The standard InChI is InChI=1S/C30H34ClO2/c1-5-32-28(24-14-10-22(3)11-15-24)20-18-26-8-7-9-27(30(26)31)19-21-29(33-6-2)25-16-12-23(4)13-17-25/h10-21H,5-9H2,1-4H3/q+1/b20-18+,27-19-,29-21+. The zero-order valence-electron chi connectivity index (χ0n) is 20.2. The molecule has 0 amide bonds. The maximum Gasteiger partial charge on any atom is 0.350 e. The van der Waals surface area contributed by atoms with Crippen molar-refractivity contribution in [1.82, 2.24) is 0 Å². The molecule has 0 atom stereocenters. The van der Waals surface area contributed by atoms with E-state index in [4.69, 9.17) is 20.8 Å². The van der Waals surface area contributed by atoms with E-state index in [2.05, 4.69) is 74.5 Å². The Kier molecular flexibility index (Phi) is 9.33. The van der Waals surface area contributed by atoms with Gasteiger partial charge >= 0.3 is 5.78 Å². The Morgan fingerprint density at radius 2 is 1.58 bits per heavy atom. The molecule has 3 heteroatoms. The number of ether oxygens (including phenoxy) is 1. The lowest BCUT2D eigenvalue weighted by molar-refractivity contribution is -0.261. The highest BCUT2D eigenvalue weighted by molar-refractivity contribution is 6.32. The van der Waals surface area contributed by atoms with Crippen LogP contribution in [0, 0.1) is 13.8 Å².